The first-order chi connectivity index (χ1) is 11.6. The Labute approximate surface area is 138 Å². The zero-order chi connectivity index (χ0) is 17.1. The molecule has 0 unspecified atom stereocenters. The van der Waals surface area contributed by atoms with E-state index in [1.54, 1.807) is 35.0 Å². The van der Waals surface area contributed by atoms with Crippen molar-refractivity contribution in [3.05, 3.63) is 77.2 Å². The lowest BCUT2D eigenvalue weighted by Gasteiger charge is -2.04. The number of nitriles is 1. The van der Waals surface area contributed by atoms with Gasteiger partial charge in [0.15, 0.2) is 5.82 Å². The van der Waals surface area contributed by atoms with Gasteiger partial charge in [0, 0.05) is 17.3 Å². The molecular weight excluding hydrogens is 307 g/mol. The zero-order valence-corrected chi connectivity index (χ0v) is 12.8. The summed E-state index contributed by atoms with van der Waals surface area (Å²) in [5.41, 5.74) is 2.37. The summed E-state index contributed by atoms with van der Waals surface area (Å²) >= 11 is 0. The van der Waals surface area contributed by atoms with E-state index >= 15 is 0 Å². The van der Waals surface area contributed by atoms with Gasteiger partial charge in [-0.3, -0.25) is 4.79 Å². The van der Waals surface area contributed by atoms with E-state index in [4.69, 9.17) is 5.26 Å². The lowest BCUT2D eigenvalue weighted by Crippen LogP contribution is -2.12. The van der Waals surface area contributed by atoms with Gasteiger partial charge in [-0.1, -0.05) is 6.07 Å². The fraction of sp³-hybridized carbons (Fsp3) is 0.0556. The standard InChI is InChI=1S/C18H13FN4O/c1-12-9-17(21-18(24)14-3-2-4-15(19)10-14)22-23(12)16-7-5-13(11-20)6-8-16/h2-10H,1H3,(H,21,22,24). The maximum atomic E-state index is 13.2. The summed E-state index contributed by atoms with van der Waals surface area (Å²) in [5.74, 6) is -0.535. The number of halogens is 1. The minimum Gasteiger partial charge on any atom is -0.305 e. The second kappa shape index (κ2) is 6.34. The molecule has 3 aromatic rings. The lowest BCUT2D eigenvalue weighted by atomic mass is 10.2. The van der Waals surface area contributed by atoms with Crippen LogP contribution in [-0.4, -0.2) is 15.7 Å². The number of aryl methyl sites for hydroxylation is 1. The molecule has 0 spiro atoms. The average Bonchev–Trinajstić information content (AvgIpc) is 2.95. The number of amides is 1. The van der Waals surface area contributed by atoms with Gasteiger partial charge in [-0.25, -0.2) is 9.07 Å². The Morgan fingerprint density at radius 3 is 2.62 bits per heavy atom. The molecule has 3 rings (SSSR count). The van der Waals surface area contributed by atoms with Gasteiger partial charge < -0.3 is 5.32 Å². The highest BCUT2D eigenvalue weighted by molar-refractivity contribution is 6.03. The molecule has 0 radical (unpaired) electrons. The number of carbonyl (C=O) groups excluding carboxylic acids is 1. The first kappa shape index (κ1) is 15.4. The van der Waals surface area contributed by atoms with Gasteiger partial charge in [0.25, 0.3) is 5.91 Å². The normalized spacial score (nSPS) is 10.2. The Hall–Kier alpha value is -3.46. The van der Waals surface area contributed by atoms with E-state index in [1.165, 1.54) is 24.3 Å². The number of benzene rings is 2. The van der Waals surface area contributed by atoms with Crippen LogP contribution in [0.25, 0.3) is 5.69 Å². The third-order valence-electron chi connectivity index (χ3n) is 3.46. The molecule has 6 heteroatoms. The van der Waals surface area contributed by atoms with Gasteiger partial charge in [0.1, 0.15) is 5.82 Å². The highest BCUT2D eigenvalue weighted by Crippen LogP contribution is 2.16. The molecule has 1 amide bonds. The molecular formula is C18H13FN4O. The van der Waals surface area contributed by atoms with E-state index in [0.29, 0.717) is 11.4 Å². The van der Waals surface area contributed by atoms with Crippen molar-refractivity contribution >= 4 is 11.7 Å². The summed E-state index contributed by atoms with van der Waals surface area (Å²) in [7, 11) is 0. The molecule has 5 nitrogen and oxygen atoms in total. The second-order valence-corrected chi connectivity index (χ2v) is 5.21. The molecule has 0 saturated heterocycles. The van der Waals surface area contributed by atoms with Gasteiger partial charge in [-0.15, -0.1) is 5.10 Å². The van der Waals surface area contributed by atoms with Gasteiger partial charge in [-0.2, -0.15) is 5.26 Å². The van der Waals surface area contributed by atoms with Gasteiger partial charge in [0.05, 0.1) is 17.3 Å². The molecule has 118 valence electrons. The van der Waals surface area contributed by atoms with Crippen molar-refractivity contribution in [2.75, 3.05) is 5.32 Å². The fourth-order valence-electron chi connectivity index (χ4n) is 2.29. The summed E-state index contributed by atoms with van der Waals surface area (Å²) in [6.07, 6.45) is 0. The van der Waals surface area contributed by atoms with Crippen LogP contribution in [0.1, 0.15) is 21.6 Å². The van der Waals surface area contributed by atoms with Gasteiger partial charge >= 0.3 is 0 Å². The molecule has 1 heterocycles. The number of nitrogens with zero attached hydrogens (tertiary/aromatic N) is 3. The van der Waals surface area contributed by atoms with Crippen LogP contribution in [0.15, 0.2) is 54.6 Å². The number of hydrogen-bond donors (Lipinski definition) is 1. The molecule has 2 aromatic carbocycles. The van der Waals surface area contributed by atoms with Crippen LogP contribution < -0.4 is 5.32 Å². The van der Waals surface area contributed by atoms with Crippen molar-refractivity contribution in [1.82, 2.24) is 9.78 Å². The molecule has 24 heavy (non-hydrogen) atoms. The van der Waals surface area contributed by atoms with Gasteiger partial charge in [-0.05, 0) is 49.4 Å². The zero-order valence-electron chi connectivity index (χ0n) is 12.8. The quantitative estimate of drug-likeness (QED) is 0.803. The highest BCUT2D eigenvalue weighted by atomic mass is 19.1. The summed E-state index contributed by atoms with van der Waals surface area (Å²) in [4.78, 5) is 12.1. The average molecular weight is 320 g/mol. The topological polar surface area (TPSA) is 70.7 Å². The fourth-order valence-corrected chi connectivity index (χ4v) is 2.29. The molecule has 0 aliphatic heterocycles. The summed E-state index contributed by atoms with van der Waals surface area (Å²) in [6.45, 7) is 1.85. The summed E-state index contributed by atoms with van der Waals surface area (Å²) < 4.78 is 14.9. The maximum Gasteiger partial charge on any atom is 0.256 e. The van der Waals surface area contributed by atoms with Crippen molar-refractivity contribution in [3.63, 3.8) is 0 Å². The first-order valence-electron chi connectivity index (χ1n) is 7.21. The van der Waals surface area contributed by atoms with E-state index in [2.05, 4.69) is 16.5 Å². The van der Waals surface area contributed by atoms with Crippen molar-refractivity contribution in [3.8, 4) is 11.8 Å². The van der Waals surface area contributed by atoms with Crippen LogP contribution in [0.3, 0.4) is 0 Å². The number of carbonyl (C=O) groups is 1. The van der Waals surface area contributed by atoms with Crippen LogP contribution >= 0.6 is 0 Å². The Kier molecular flexibility index (Phi) is 4.08. The summed E-state index contributed by atoms with van der Waals surface area (Å²) in [5, 5.41) is 15.8. The highest BCUT2D eigenvalue weighted by Gasteiger charge is 2.11. The van der Waals surface area contributed by atoms with E-state index in [0.717, 1.165) is 11.4 Å². The SMILES string of the molecule is Cc1cc(NC(=O)c2cccc(F)c2)nn1-c1ccc(C#N)cc1. The maximum absolute atomic E-state index is 13.2. The Morgan fingerprint density at radius 2 is 1.96 bits per heavy atom. The van der Waals surface area contributed by atoms with Crippen LogP contribution in [0.2, 0.25) is 0 Å². The lowest BCUT2D eigenvalue weighted by molar-refractivity contribution is 0.102. The Balaban J connectivity index is 1.83. The van der Waals surface area contributed by atoms with Crippen molar-refractivity contribution in [2.45, 2.75) is 6.92 Å². The van der Waals surface area contributed by atoms with Crippen molar-refractivity contribution < 1.29 is 9.18 Å². The predicted molar refractivity (Wildman–Crippen MR) is 87.4 cm³/mol. The van der Waals surface area contributed by atoms with Crippen LogP contribution in [-0.2, 0) is 0 Å². The van der Waals surface area contributed by atoms with Crippen LogP contribution in [0, 0.1) is 24.1 Å². The number of hydrogen-bond acceptors (Lipinski definition) is 3. The first-order valence-corrected chi connectivity index (χ1v) is 7.21. The van der Waals surface area contributed by atoms with E-state index in [-0.39, 0.29) is 5.56 Å². The van der Waals surface area contributed by atoms with Crippen LogP contribution in [0.5, 0.6) is 0 Å². The molecule has 0 fully saturated rings. The molecule has 1 N–H and O–H groups in total. The van der Waals surface area contributed by atoms with Crippen LogP contribution in [0.4, 0.5) is 10.2 Å². The Bertz CT molecular complexity index is 938. The van der Waals surface area contributed by atoms with Gasteiger partial charge in [0.2, 0.25) is 0 Å². The van der Waals surface area contributed by atoms with Crippen molar-refractivity contribution in [2.24, 2.45) is 0 Å². The third-order valence-corrected chi connectivity index (χ3v) is 3.46. The molecule has 0 saturated carbocycles. The predicted octanol–water partition coefficient (Wildman–Crippen LogP) is 3.44. The van der Waals surface area contributed by atoms with E-state index in [1.807, 2.05) is 6.92 Å². The monoisotopic (exact) mass is 320 g/mol. The molecule has 0 aliphatic rings. The largest absolute Gasteiger partial charge is 0.305 e. The number of rotatable bonds is 3. The number of anilines is 1. The summed E-state index contributed by atoms with van der Waals surface area (Å²) in [6, 6.07) is 16.2. The second-order valence-electron chi connectivity index (χ2n) is 5.21. The third kappa shape index (κ3) is 3.15. The molecule has 0 aliphatic carbocycles. The van der Waals surface area contributed by atoms with Crippen molar-refractivity contribution in [1.29, 1.82) is 5.26 Å². The number of nitrogens with one attached hydrogen (secondary N) is 1. The van der Waals surface area contributed by atoms with E-state index < -0.39 is 11.7 Å². The minimum atomic E-state index is -0.470. The Morgan fingerprint density at radius 1 is 1.21 bits per heavy atom. The molecule has 0 atom stereocenters. The molecule has 1 aromatic heterocycles. The molecule has 0 bridgehead atoms. The smallest absolute Gasteiger partial charge is 0.256 e. The van der Waals surface area contributed by atoms with E-state index in [9.17, 15) is 9.18 Å². The minimum absolute atomic E-state index is 0.223. The number of aromatic nitrogens is 2.